The molecule has 1 atom stereocenters. The van der Waals surface area contributed by atoms with Gasteiger partial charge in [-0.25, -0.2) is 9.97 Å². The molecule has 7 nitrogen and oxygen atoms in total. The SMILES string of the molecule is C=CC(=O)N1Cc2sc3ncnc(Nc4ccc(Oc5ccc(CC)nc5)c(C)c4)c3c2[C@H](C)C1. The number of aryl methyl sites for hydroxylation is 2. The van der Waals surface area contributed by atoms with Crippen LogP contribution in [0.2, 0.25) is 0 Å². The van der Waals surface area contributed by atoms with E-state index in [-0.39, 0.29) is 11.8 Å². The molecule has 4 aromatic rings. The summed E-state index contributed by atoms with van der Waals surface area (Å²) in [5, 5.41) is 4.52. The molecule has 1 N–H and O–H groups in total. The van der Waals surface area contributed by atoms with Crippen LogP contribution in [0.25, 0.3) is 10.2 Å². The lowest BCUT2D eigenvalue weighted by Gasteiger charge is -2.30. The molecular formula is C27H27N5O2S. The van der Waals surface area contributed by atoms with Gasteiger partial charge in [-0.2, -0.15) is 0 Å². The Morgan fingerprint density at radius 1 is 1.29 bits per heavy atom. The summed E-state index contributed by atoms with van der Waals surface area (Å²) in [5.41, 5.74) is 4.18. The molecule has 5 rings (SSSR count). The van der Waals surface area contributed by atoms with Crippen molar-refractivity contribution in [3.63, 3.8) is 0 Å². The summed E-state index contributed by atoms with van der Waals surface area (Å²) in [7, 11) is 0. The maximum Gasteiger partial charge on any atom is 0.246 e. The van der Waals surface area contributed by atoms with Crippen LogP contribution in [0, 0.1) is 6.92 Å². The second-order valence-corrected chi connectivity index (χ2v) is 9.80. The molecule has 0 aliphatic carbocycles. The smallest absolute Gasteiger partial charge is 0.246 e. The van der Waals surface area contributed by atoms with Crippen LogP contribution in [0.5, 0.6) is 11.5 Å². The minimum absolute atomic E-state index is 0.0424. The van der Waals surface area contributed by atoms with Crippen LogP contribution in [-0.2, 0) is 17.8 Å². The summed E-state index contributed by atoms with van der Waals surface area (Å²) in [6, 6.07) is 9.91. The minimum atomic E-state index is -0.0424. The van der Waals surface area contributed by atoms with E-state index in [1.807, 2.05) is 42.2 Å². The number of nitrogens with zero attached hydrogens (tertiary/aromatic N) is 4. The van der Waals surface area contributed by atoms with E-state index in [9.17, 15) is 4.79 Å². The van der Waals surface area contributed by atoms with E-state index in [0.29, 0.717) is 18.8 Å². The van der Waals surface area contributed by atoms with Crippen LogP contribution in [0.1, 0.15) is 41.5 Å². The van der Waals surface area contributed by atoms with Crippen molar-refractivity contribution in [2.45, 2.75) is 39.7 Å². The van der Waals surface area contributed by atoms with Gasteiger partial charge in [-0.15, -0.1) is 11.3 Å². The highest BCUT2D eigenvalue weighted by Gasteiger charge is 2.30. The molecule has 1 aromatic carbocycles. The number of carbonyl (C=O) groups is 1. The average Bonchev–Trinajstić information content (AvgIpc) is 3.25. The van der Waals surface area contributed by atoms with Crippen LogP contribution in [0.15, 0.2) is 55.5 Å². The monoisotopic (exact) mass is 485 g/mol. The second-order valence-electron chi connectivity index (χ2n) is 8.71. The van der Waals surface area contributed by atoms with Crippen molar-refractivity contribution in [2.24, 2.45) is 0 Å². The van der Waals surface area contributed by atoms with Crippen LogP contribution >= 0.6 is 11.3 Å². The summed E-state index contributed by atoms with van der Waals surface area (Å²) in [5.74, 6) is 2.40. The molecule has 8 heteroatoms. The van der Waals surface area contributed by atoms with Gasteiger partial charge in [0.25, 0.3) is 0 Å². The van der Waals surface area contributed by atoms with Gasteiger partial charge in [-0.3, -0.25) is 9.78 Å². The van der Waals surface area contributed by atoms with Gasteiger partial charge in [0.05, 0.1) is 18.1 Å². The number of nitrogens with one attached hydrogen (secondary N) is 1. The number of hydrogen-bond donors (Lipinski definition) is 1. The Morgan fingerprint density at radius 2 is 2.14 bits per heavy atom. The molecule has 1 aliphatic heterocycles. The summed E-state index contributed by atoms with van der Waals surface area (Å²) in [6.07, 6.45) is 5.62. The minimum Gasteiger partial charge on any atom is -0.455 e. The van der Waals surface area contributed by atoms with Crippen molar-refractivity contribution in [3.05, 3.63) is 77.2 Å². The zero-order chi connectivity index (χ0) is 24.5. The quantitative estimate of drug-likeness (QED) is 0.331. The van der Waals surface area contributed by atoms with E-state index < -0.39 is 0 Å². The molecule has 1 amide bonds. The molecule has 1 aliphatic rings. The van der Waals surface area contributed by atoms with Gasteiger partial charge in [0.1, 0.15) is 28.5 Å². The third-order valence-corrected chi connectivity index (χ3v) is 7.33. The van der Waals surface area contributed by atoms with Gasteiger partial charge in [-0.1, -0.05) is 20.4 Å². The first-order chi connectivity index (χ1) is 17.0. The Morgan fingerprint density at radius 3 is 2.86 bits per heavy atom. The lowest BCUT2D eigenvalue weighted by molar-refractivity contribution is -0.127. The van der Waals surface area contributed by atoms with Crippen molar-refractivity contribution in [3.8, 4) is 11.5 Å². The number of thiophene rings is 1. The molecule has 0 saturated carbocycles. The lowest BCUT2D eigenvalue weighted by Crippen LogP contribution is -2.35. The zero-order valence-electron chi connectivity index (χ0n) is 20.0. The van der Waals surface area contributed by atoms with Crippen LogP contribution in [-0.4, -0.2) is 32.3 Å². The predicted molar refractivity (Wildman–Crippen MR) is 140 cm³/mol. The highest BCUT2D eigenvalue weighted by molar-refractivity contribution is 7.19. The Labute approximate surface area is 208 Å². The number of fused-ring (bicyclic) bond motifs is 3. The van der Waals surface area contributed by atoms with E-state index in [4.69, 9.17) is 4.74 Å². The van der Waals surface area contributed by atoms with Gasteiger partial charge in [0.15, 0.2) is 0 Å². The number of anilines is 2. The number of aromatic nitrogens is 3. The Hall–Kier alpha value is -3.78. The third kappa shape index (κ3) is 4.49. The number of rotatable bonds is 6. The maximum absolute atomic E-state index is 12.2. The summed E-state index contributed by atoms with van der Waals surface area (Å²) < 4.78 is 6.05. The standard InChI is InChI=1S/C27H27N5O2S/c1-5-18-7-9-20(12-28-18)34-21-10-8-19(11-16(21)3)31-26-25-24-17(4)13-32(23(33)6-2)14-22(24)35-27(25)30-15-29-26/h6-12,15,17H,2,5,13-14H2,1,3-4H3,(H,29,30,31)/t17-/m1/s1. The lowest BCUT2D eigenvalue weighted by atomic mass is 9.94. The topological polar surface area (TPSA) is 80.2 Å². The summed E-state index contributed by atoms with van der Waals surface area (Å²) in [4.78, 5) is 29.6. The molecule has 0 fully saturated rings. The first-order valence-corrected chi connectivity index (χ1v) is 12.5. The summed E-state index contributed by atoms with van der Waals surface area (Å²) >= 11 is 1.62. The second kappa shape index (κ2) is 9.46. The largest absolute Gasteiger partial charge is 0.455 e. The van der Waals surface area contributed by atoms with Crippen molar-refractivity contribution in [2.75, 3.05) is 11.9 Å². The van der Waals surface area contributed by atoms with Crippen molar-refractivity contribution in [1.29, 1.82) is 0 Å². The van der Waals surface area contributed by atoms with E-state index in [0.717, 1.165) is 50.0 Å². The van der Waals surface area contributed by atoms with Crippen LogP contribution < -0.4 is 10.1 Å². The fourth-order valence-corrected chi connectivity index (χ4v) is 5.75. The number of benzene rings is 1. The molecule has 4 heterocycles. The Kier molecular flexibility index (Phi) is 6.21. The van der Waals surface area contributed by atoms with E-state index in [1.54, 1.807) is 23.9 Å². The fourth-order valence-electron chi connectivity index (χ4n) is 4.48. The Bertz CT molecular complexity index is 1410. The summed E-state index contributed by atoms with van der Waals surface area (Å²) in [6.45, 7) is 11.1. The van der Waals surface area contributed by atoms with Gasteiger partial charge < -0.3 is 15.0 Å². The molecule has 0 radical (unpaired) electrons. The molecule has 0 unspecified atom stereocenters. The third-order valence-electron chi connectivity index (χ3n) is 6.24. The number of amides is 1. The predicted octanol–water partition coefficient (Wildman–Crippen LogP) is 6.12. The molecule has 178 valence electrons. The molecule has 0 saturated heterocycles. The average molecular weight is 486 g/mol. The van der Waals surface area contributed by atoms with Crippen LogP contribution in [0.3, 0.4) is 0 Å². The van der Waals surface area contributed by atoms with E-state index in [2.05, 4.69) is 40.7 Å². The van der Waals surface area contributed by atoms with Gasteiger partial charge >= 0.3 is 0 Å². The first kappa shape index (κ1) is 23.0. The van der Waals surface area contributed by atoms with Crippen LogP contribution in [0.4, 0.5) is 11.5 Å². The van der Waals surface area contributed by atoms with Crippen molar-refractivity contribution < 1.29 is 9.53 Å². The van der Waals surface area contributed by atoms with Crippen molar-refractivity contribution in [1.82, 2.24) is 19.9 Å². The maximum atomic E-state index is 12.2. The first-order valence-electron chi connectivity index (χ1n) is 11.6. The number of carbonyl (C=O) groups excluding carboxylic acids is 1. The Balaban J connectivity index is 1.42. The molecule has 0 bridgehead atoms. The number of pyridine rings is 1. The number of hydrogen-bond acceptors (Lipinski definition) is 7. The fraction of sp³-hybridized carbons (Fsp3) is 0.259. The molecule has 3 aromatic heterocycles. The number of ether oxygens (including phenoxy) is 1. The zero-order valence-corrected chi connectivity index (χ0v) is 20.9. The van der Waals surface area contributed by atoms with E-state index >= 15 is 0 Å². The highest BCUT2D eigenvalue weighted by atomic mass is 32.1. The van der Waals surface area contributed by atoms with Gasteiger partial charge in [0.2, 0.25) is 5.91 Å². The highest BCUT2D eigenvalue weighted by Crippen LogP contribution is 2.42. The molecule has 0 spiro atoms. The van der Waals surface area contributed by atoms with E-state index in [1.165, 1.54) is 11.6 Å². The van der Waals surface area contributed by atoms with Gasteiger partial charge in [0, 0.05) is 28.7 Å². The normalized spacial score (nSPS) is 15.1. The molecular weight excluding hydrogens is 458 g/mol. The van der Waals surface area contributed by atoms with Gasteiger partial charge in [-0.05, 0) is 60.9 Å². The van der Waals surface area contributed by atoms with Crippen molar-refractivity contribution >= 4 is 39.0 Å². The molecule has 35 heavy (non-hydrogen) atoms.